The van der Waals surface area contributed by atoms with Gasteiger partial charge in [-0.2, -0.15) is 0 Å². The summed E-state index contributed by atoms with van der Waals surface area (Å²) in [6.07, 6.45) is 3.07. The normalized spacial score (nSPS) is 17.6. The van der Waals surface area contributed by atoms with Gasteiger partial charge in [0.15, 0.2) is 0 Å². The van der Waals surface area contributed by atoms with Gasteiger partial charge >= 0.3 is 5.97 Å². The number of carboxylic acid groups (broad SMARTS) is 1. The molecule has 2 heterocycles. The molecule has 2 amide bonds. The number of carbonyl (C=O) groups is 3. The predicted molar refractivity (Wildman–Crippen MR) is 151 cm³/mol. The number of aromatic carboxylic acids is 1. The van der Waals surface area contributed by atoms with Crippen molar-refractivity contribution in [3.63, 3.8) is 0 Å². The van der Waals surface area contributed by atoms with Gasteiger partial charge in [-0.15, -0.1) is 0 Å². The van der Waals surface area contributed by atoms with Gasteiger partial charge in [-0.05, 0) is 76.4 Å². The van der Waals surface area contributed by atoms with Crippen LogP contribution in [0.5, 0.6) is 0 Å². The summed E-state index contributed by atoms with van der Waals surface area (Å²) in [4.78, 5) is 43.9. The number of hydrogen-bond acceptors (Lipinski definition) is 4. The number of hydrogen-bond donors (Lipinski definition) is 2. The van der Waals surface area contributed by atoms with E-state index in [9.17, 15) is 19.5 Å². The van der Waals surface area contributed by atoms with Gasteiger partial charge in [-0.1, -0.05) is 60.7 Å². The third-order valence-electron chi connectivity index (χ3n) is 7.91. The molecular formula is C33H29N3O4. The average Bonchev–Trinajstić information content (AvgIpc) is 3.81. The number of benzene rings is 3. The highest BCUT2D eigenvalue weighted by atomic mass is 16.4. The lowest BCUT2D eigenvalue weighted by atomic mass is 9.87. The number of rotatable bonds is 7. The Kier molecular flexibility index (Phi) is 6.86. The Morgan fingerprint density at radius 2 is 1.75 bits per heavy atom. The summed E-state index contributed by atoms with van der Waals surface area (Å²) in [6.45, 7) is 1.27. The van der Waals surface area contributed by atoms with Crippen molar-refractivity contribution in [3.05, 3.63) is 125 Å². The van der Waals surface area contributed by atoms with Crippen LogP contribution in [0.1, 0.15) is 55.4 Å². The van der Waals surface area contributed by atoms with Gasteiger partial charge in [0.1, 0.15) is 5.69 Å². The molecule has 2 aliphatic rings. The van der Waals surface area contributed by atoms with Crippen LogP contribution in [0.3, 0.4) is 0 Å². The SMILES string of the molecule is O=C(O)c1cccc(-c2ccc(CNC(=O)C3CC3c3ccccc3)c3c2CCN(C(=O)c2ccccn2)C3)c1. The molecule has 200 valence electrons. The number of fused-ring (bicyclic) bond motifs is 1. The van der Waals surface area contributed by atoms with Gasteiger partial charge in [-0.25, -0.2) is 4.79 Å². The Balaban J connectivity index is 1.28. The van der Waals surface area contributed by atoms with Crippen LogP contribution in [-0.4, -0.2) is 39.3 Å². The van der Waals surface area contributed by atoms with Crippen LogP contribution < -0.4 is 5.32 Å². The zero-order chi connectivity index (χ0) is 27.6. The summed E-state index contributed by atoms with van der Waals surface area (Å²) in [7, 11) is 0. The standard InChI is InChI=1S/C33H29N3O4/c37-31(28-18-27(28)21-7-2-1-3-8-21)35-19-24-12-13-25(22-9-6-10-23(17-22)33(39)40)26-14-16-36(20-29(24)26)32(38)30-11-4-5-15-34-30/h1-13,15,17,27-28H,14,16,18-20H2,(H,35,37)(H,39,40). The van der Waals surface area contributed by atoms with Crippen LogP contribution in [0.4, 0.5) is 0 Å². The second kappa shape index (κ2) is 10.8. The van der Waals surface area contributed by atoms with E-state index in [4.69, 9.17) is 0 Å². The smallest absolute Gasteiger partial charge is 0.335 e. The van der Waals surface area contributed by atoms with Crippen molar-refractivity contribution in [1.82, 2.24) is 15.2 Å². The van der Waals surface area contributed by atoms with E-state index >= 15 is 0 Å². The molecule has 0 saturated heterocycles. The van der Waals surface area contributed by atoms with E-state index in [0.717, 1.165) is 34.2 Å². The maximum absolute atomic E-state index is 13.3. The lowest BCUT2D eigenvalue weighted by molar-refractivity contribution is -0.122. The largest absolute Gasteiger partial charge is 0.478 e. The number of nitrogens with zero attached hydrogens (tertiary/aromatic N) is 2. The molecule has 2 N–H and O–H groups in total. The number of aromatic nitrogens is 1. The molecule has 3 aromatic carbocycles. The molecule has 0 spiro atoms. The Bertz CT molecular complexity index is 1590. The Morgan fingerprint density at radius 1 is 0.925 bits per heavy atom. The molecular weight excluding hydrogens is 502 g/mol. The summed E-state index contributed by atoms with van der Waals surface area (Å²) in [6, 6.07) is 26.3. The van der Waals surface area contributed by atoms with Crippen LogP contribution in [0.2, 0.25) is 0 Å². The van der Waals surface area contributed by atoms with E-state index in [1.54, 1.807) is 47.5 Å². The number of pyridine rings is 1. The third kappa shape index (κ3) is 5.10. The molecule has 1 aliphatic heterocycles. The Morgan fingerprint density at radius 3 is 2.52 bits per heavy atom. The van der Waals surface area contributed by atoms with Crippen molar-refractivity contribution in [2.45, 2.75) is 31.8 Å². The van der Waals surface area contributed by atoms with E-state index in [1.807, 2.05) is 36.4 Å². The molecule has 4 aromatic rings. The fourth-order valence-electron chi connectivity index (χ4n) is 5.69. The Hall–Kier alpha value is -4.78. The van der Waals surface area contributed by atoms with Crippen molar-refractivity contribution >= 4 is 17.8 Å². The molecule has 1 fully saturated rings. The van der Waals surface area contributed by atoms with Crippen LogP contribution in [0.15, 0.2) is 91.1 Å². The van der Waals surface area contributed by atoms with Crippen molar-refractivity contribution in [1.29, 1.82) is 0 Å². The first-order valence-corrected chi connectivity index (χ1v) is 13.5. The van der Waals surface area contributed by atoms with E-state index < -0.39 is 5.97 Å². The van der Waals surface area contributed by atoms with Crippen molar-refractivity contribution in [3.8, 4) is 11.1 Å². The number of nitrogens with one attached hydrogen (secondary N) is 1. The molecule has 0 bridgehead atoms. The Labute approximate surface area is 232 Å². The van der Waals surface area contributed by atoms with Gasteiger partial charge in [-0.3, -0.25) is 14.6 Å². The zero-order valence-corrected chi connectivity index (χ0v) is 21.9. The first kappa shape index (κ1) is 25.5. The van der Waals surface area contributed by atoms with E-state index in [2.05, 4.69) is 22.4 Å². The minimum Gasteiger partial charge on any atom is -0.478 e. The van der Waals surface area contributed by atoms with Crippen LogP contribution in [-0.2, 0) is 24.3 Å². The highest BCUT2D eigenvalue weighted by Gasteiger charge is 2.43. The van der Waals surface area contributed by atoms with Crippen molar-refractivity contribution in [2.24, 2.45) is 5.92 Å². The molecule has 1 aromatic heterocycles. The minimum atomic E-state index is -0.976. The fourth-order valence-corrected chi connectivity index (χ4v) is 5.69. The van der Waals surface area contributed by atoms with Gasteiger partial charge in [0.05, 0.1) is 5.56 Å². The third-order valence-corrected chi connectivity index (χ3v) is 7.91. The number of carbonyl (C=O) groups excluding carboxylic acids is 2. The quantitative estimate of drug-likeness (QED) is 0.347. The lowest BCUT2D eigenvalue weighted by Gasteiger charge is -2.32. The lowest BCUT2D eigenvalue weighted by Crippen LogP contribution is -2.37. The molecule has 1 aliphatic carbocycles. The molecule has 0 radical (unpaired) electrons. The predicted octanol–water partition coefficient (Wildman–Crippen LogP) is 5.07. The van der Waals surface area contributed by atoms with Crippen LogP contribution in [0, 0.1) is 5.92 Å². The molecule has 2 atom stereocenters. The molecule has 40 heavy (non-hydrogen) atoms. The number of amides is 2. The molecule has 6 rings (SSSR count). The summed E-state index contributed by atoms with van der Waals surface area (Å²) in [5.74, 6) is -0.846. The first-order chi connectivity index (χ1) is 19.5. The molecule has 2 unspecified atom stereocenters. The highest BCUT2D eigenvalue weighted by Crippen LogP contribution is 2.47. The van der Waals surface area contributed by atoms with Gasteiger partial charge in [0.2, 0.25) is 5.91 Å². The highest BCUT2D eigenvalue weighted by molar-refractivity contribution is 5.93. The van der Waals surface area contributed by atoms with E-state index in [1.165, 1.54) is 5.56 Å². The second-order valence-corrected chi connectivity index (χ2v) is 10.4. The maximum atomic E-state index is 13.3. The zero-order valence-electron chi connectivity index (χ0n) is 21.9. The monoisotopic (exact) mass is 531 g/mol. The van der Waals surface area contributed by atoms with E-state index in [0.29, 0.717) is 31.7 Å². The van der Waals surface area contributed by atoms with Crippen LogP contribution >= 0.6 is 0 Å². The minimum absolute atomic E-state index is 0.0292. The topological polar surface area (TPSA) is 99.6 Å². The fraction of sp³-hybridized carbons (Fsp3) is 0.212. The van der Waals surface area contributed by atoms with Gasteiger partial charge < -0.3 is 15.3 Å². The summed E-state index contributed by atoms with van der Waals surface area (Å²) in [5, 5.41) is 12.7. The molecule has 1 saturated carbocycles. The van der Waals surface area contributed by atoms with Crippen molar-refractivity contribution in [2.75, 3.05) is 6.54 Å². The van der Waals surface area contributed by atoms with Crippen LogP contribution in [0.25, 0.3) is 11.1 Å². The number of carboxylic acids is 1. The summed E-state index contributed by atoms with van der Waals surface area (Å²) in [5.41, 5.74) is 6.60. The molecule has 7 nitrogen and oxygen atoms in total. The average molecular weight is 532 g/mol. The molecule has 7 heteroatoms. The van der Waals surface area contributed by atoms with Gasteiger partial charge in [0.25, 0.3) is 5.91 Å². The summed E-state index contributed by atoms with van der Waals surface area (Å²) >= 11 is 0. The summed E-state index contributed by atoms with van der Waals surface area (Å²) < 4.78 is 0. The first-order valence-electron chi connectivity index (χ1n) is 13.5. The van der Waals surface area contributed by atoms with Crippen molar-refractivity contribution < 1.29 is 19.5 Å². The second-order valence-electron chi connectivity index (χ2n) is 10.4. The van der Waals surface area contributed by atoms with E-state index in [-0.39, 0.29) is 29.2 Å². The maximum Gasteiger partial charge on any atom is 0.335 e. The van der Waals surface area contributed by atoms with Gasteiger partial charge in [0, 0.05) is 31.7 Å².